The molecule has 1 aliphatic heterocycles. The van der Waals surface area contributed by atoms with Crippen molar-refractivity contribution in [1.29, 1.82) is 0 Å². The van der Waals surface area contributed by atoms with Crippen LogP contribution in [0.3, 0.4) is 0 Å². The van der Waals surface area contributed by atoms with Gasteiger partial charge in [-0.25, -0.2) is 0 Å². The van der Waals surface area contributed by atoms with E-state index in [4.69, 9.17) is 4.52 Å². The summed E-state index contributed by atoms with van der Waals surface area (Å²) in [6.07, 6.45) is 0.126. The van der Waals surface area contributed by atoms with Crippen molar-refractivity contribution >= 4 is 11.8 Å². The highest BCUT2D eigenvalue weighted by atomic mass is 16.5. The van der Waals surface area contributed by atoms with Gasteiger partial charge < -0.3 is 15.2 Å². The molecule has 1 aliphatic rings. The molecule has 27 heavy (non-hydrogen) atoms. The van der Waals surface area contributed by atoms with Crippen molar-refractivity contribution in [2.75, 3.05) is 13.1 Å². The van der Waals surface area contributed by atoms with Crippen molar-refractivity contribution in [3.8, 4) is 0 Å². The van der Waals surface area contributed by atoms with E-state index in [0.29, 0.717) is 25.4 Å². The zero-order chi connectivity index (χ0) is 19.4. The van der Waals surface area contributed by atoms with E-state index in [2.05, 4.69) is 45.0 Å². The van der Waals surface area contributed by atoms with Crippen LogP contribution >= 0.6 is 0 Å². The number of carbonyl (C=O) groups is 2. The van der Waals surface area contributed by atoms with E-state index < -0.39 is 6.04 Å². The number of aromatic nitrogens is 1. The van der Waals surface area contributed by atoms with Crippen molar-refractivity contribution in [3.05, 3.63) is 52.4 Å². The Morgan fingerprint density at radius 1 is 1.30 bits per heavy atom. The van der Waals surface area contributed by atoms with Crippen LogP contribution in [0.15, 0.2) is 28.8 Å². The summed E-state index contributed by atoms with van der Waals surface area (Å²) in [6, 6.07) is 7.78. The first kappa shape index (κ1) is 19.1. The van der Waals surface area contributed by atoms with Crippen LogP contribution in [0.25, 0.3) is 0 Å². The molecule has 2 aromatic rings. The fraction of sp³-hybridized carbons (Fsp3) is 0.450. The minimum atomic E-state index is -0.468. The van der Waals surface area contributed by atoms with Crippen LogP contribution in [0.1, 0.15) is 34.6 Å². The predicted octanol–water partition coefficient (Wildman–Crippen LogP) is 1.61. The molecular weight excluding hydrogens is 344 g/mol. The van der Waals surface area contributed by atoms with E-state index in [1.54, 1.807) is 0 Å². The third kappa shape index (κ3) is 4.74. The van der Waals surface area contributed by atoms with Crippen molar-refractivity contribution < 1.29 is 14.1 Å². The highest BCUT2D eigenvalue weighted by molar-refractivity contribution is 5.88. The molecule has 2 heterocycles. The second-order valence-corrected chi connectivity index (χ2v) is 7.05. The lowest BCUT2D eigenvalue weighted by Crippen LogP contribution is -2.56. The Bertz CT molecular complexity index is 794. The molecular formula is C20H26N4O3. The van der Waals surface area contributed by atoms with Crippen LogP contribution in [0.2, 0.25) is 0 Å². The number of nitrogens with one attached hydrogen (secondary N) is 2. The summed E-state index contributed by atoms with van der Waals surface area (Å²) in [5.74, 6) is 0.441. The molecule has 0 bridgehead atoms. The monoisotopic (exact) mass is 370 g/mol. The Balaban J connectivity index is 1.61. The van der Waals surface area contributed by atoms with Crippen molar-refractivity contribution in [2.24, 2.45) is 0 Å². The van der Waals surface area contributed by atoms with Gasteiger partial charge in [0.2, 0.25) is 11.8 Å². The van der Waals surface area contributed by atoms with Crippen LogP contribution in [-0.4, -0.2) is 41.0 Å². The molecule has 1 fully saturated rings. The summed E-state index contributed by atoms with van der Waals surface area (Å²) in [7, 11) is 0. The first-order chi connectivity index (χ1) is 12.9. The molecule has 0 saturated carbocycles. The standard InChI is InChI=1S/C20H26N4O3/c1-13-4-6-16(7-5-13)12-24-9-8-21-20(26)18(24)10-19(25)22-11-17-14(2)23-27-15(17)3/h4-7,18H,8-12H2,1-3H3,(H,21,26)(H,22,25)/t18-/m0/s1. The SMILES string of the molecule is Cc1ccc(CN2CCNC(=O)[C@@H]2CC(=O)NCc2c(C)noc2C)cc1. The smallest absolute Gasteiger partial charge is 0.237 e. The normalized spacial score (nSPS) is 17.6. The van der Waals surface area contributed by atoms with Gasteiger partial charge in [-0.2, -0.15) is 0 Å². The molecule has 7 nitrogen and oxygen atoms in total. The fourth-order valence-electron chi connectivity index (χ4n) is 3.29. The molecule has 0 aliphatic carbocycles. The zero-order valence-corrected chi connectivity index (χ0v) is 16.0. The summed E-state index contributed by atoms with van der Waals surface area (Å²) in [5.41, 5.74) is 3.99. The summed E-state index contributed by atoms with van der Waals surface area (Å²) in [5, 5.41) is 9.63. The summed E-state index contributed by atoms with van der Waals surface area (Å²) in [6.45, 7) is 8.03. The molecule has 0 radical (unpaired) electrons. The number of benzene rings is 1. The average Bonchev–Trinajstić information content (AvgIpc) is 2.96. The Labute approximate surface area is 159 Å². The molecule has 144 valence electrons. The van der Waals surface area contributed by atoms with Gasteiger partial charge in [0.25, 0.3) is 0 Å². The minimum Gasteiger partial charge on any atom is -0.361 e. The zero-order valence-electron chi connectivity index (χ0n) is 16.0. The Morgan fingerprint density at radius 3 is 2.70 bits per heavy atom. The Morgan fingerprint density at radius 2 is 2.04 bits per heavy atom. The number of hydrogen-bond acceptors (Lipinski definition) is 5. The lowest BCUT2D eigenvalue weighted by molar-refractivity contribution is -0.134. The lowest BCUT2D eigenvalue weighted by atomic mass is 10.1. The van der Waals surface area contributed by atoms with Crippen LogP contribution in [0.4, 0.5) is 0 Å². The third-order valence-corrected chi connectivity index (χ3v) is 4.97. The second-order valence-electron chi connectivity index (χ2n) is 7.05. The Hall–Kier alpha value is -2.67. The number of hydrogen-bond donors (Lipinski definition) is 2. The van der Waals surface area contributed by atoms with Crippen LogP contribution < -0.4 is 10.6 Å². The van der Waals surface area contributed by atoms with Crippen LogP contribution in [0.5, 0.6) is 0 Å². The molecule has 7 heteroatoms. The quantitative estimate of drug-likeness (QED) is 0.807. The lowest BCUT2D eigenvalue weighted by Gasteiger charge is -2.34. The molecule has 1 aromatic heterocycles. The average molecular weight is 370 g/mol. The molecule has 2 amide bonds. The van der Waals surface area contributed by atoms with Gasteiger partial charge >= 0.3 is 0 Å². The van der Waals surface area contributed by atoms with E-state index in [9.17, 15) is 9.59 Å². The van der Waals surface area contributed by atoms with Gasteiger partial charge in [-0.15, -0.1) is 0 Å². The maximum atomic E-state index is 12.4. The van der Waals surface area contributed by atoms with Crippen LogP contribution in [-0.2, 0) is 22.7 Å². The van der Waals surface area contributed by atoms with E-state index in [-0.39, 0.29) is 18.2 Å². The molecule has 1 atom stereocenters. The van der Waals surface area contributed by atoms with Crippen LogP contribution in [0, 0.1) is 20.8 Å². The highest BCUT2D eigenvalue weighted by Gasteiger charge is 2.31. The maximum absolute atomic E-state index is 12.4. The molecule has 2 N–H and O–H groups in total. The molecule has 0 spiro atoms. The number of rotatable bonds is 6. The van der Waals surface area contributed by atoms with E-state index >= 15 is 0 Å². The van der Waals surface area contributed by atoms with Gasteiger partial charge in [0, 0.05) is 31.7 Å². The number of amides is 2. The number of nitrogens with zero attached hydrogens (tertiary/aromatic N) is 2. The number of piperazine rings is 1. The van der Waals surface area contributed by atoms with E-state index in [0.717, 1.165) is 23.4 Å². The topological polar surface area (TPSA) is 87.5 Å². The fourth-order valence-corrected chi connectivity index (χ4v) is 3.29. The molecule has 3 rings (SSSR count). The first-order valence-electron chi connectivity index (χ1n) is 9.20. The summed E-state index contributed by atoms with van der Waals surface area (Å²) in [4.78, 5) is 26.9. The van der Waals surface area contributed by atoms with Crippen molar-refractivity contribution in [3.63, 3.8) is 0 Å². The van der Waals surface area contributed by atoms with Gasteiger partial charge in [0.1, 0.15) is 5.76 Å². The van der Waals surface area contributed by atoms with Gasteiger partial charge in [-0.3, -0.25) is 14.5 Å². The summed E-state index contributed by atoms with van der Waals surface area (Å²) >= 11 is 0. The van der Waals surface area contributed by atoms with E-state index in [1.807, 2.05) is 20.8 Å². The second kappa shape index (κ2) is 8.35. The van der Waals surface area contributed by atoms with Crippen molar-refractivity contribution in [2.45, 2.75) is 46.3 Å². The third-order valence-electron chi connectivity index (χ3n) is 4.97. The maximum Gasteiger partial charge on any atom is 0.237 e. The summed E-state index contributed by atoms with van der Waals surface area (Å²) < 4.78 is 5.11. The molecule has 0 unspecified atom stereocenters. The minimum absolute atomic E-state index is 0.0964. The number of carbonyl (C=O) groups excluding carboxylic acids is 2. The van der Waals surface area contributed by atoms with E-state index in [1.165, 1.54) is 5.56 Å². The Kier molecular flexibility index (Phi) is 5.91. The largest absolute Gasteiger partial charge is 0.361 e. The predicted molar refractivity (Wildman–Crippen MR) is 101 cm³/mol. The molecule has 1 saturated heterocycles. The van der Waals surface area contributed by atoms with Gasteiger partial charge in [-0.05, 0) is 26.3 Å². The van der Waals surface area contributed by atoms with Crippen molar-refractivity contribution in [1.82, 2.24) is 20.7 Å². The van der Waals surface area contributed by atoms with Gasteiger partial charge in [-0.1, -0.05) is 35.0 Å². The molecule has 1 aromatic carbocycles. The highest BCUT2D eigenvalue weighted by Crippen LogP contribution is 2.15. The van der Waals surface area contributed by atoms with Gasteiger partial charge in [0.05, 0.1) is 18.2 Å². The first-order valence-corrected chi connectivity index (χ1v) is 9.20. The van der Waals surface area contributed by atoms with Gasteiger partial charge in [0.15, 0.2) is 0 Å². The number of aryl methyl sites for hydroxylation is 3.